The molecule has 0 bridgehead atoms. The van der Waals surface area contributed by atoms with Crippen molar-refractivity contribution in [3.05, 3.63) is 24.3 Å². The molecule has 1 aromatic heterocycles. The number of benzene rings is 1. The normalized spacial score (nSPS) is 15.8. The van der Waals surface area contributed by atoms with Crippen LogP contribution in [0.2, 0.25) is 0 Å². The zero-order valence-electron chi connectivity index (χ0n) is 12.9. The van der Waals surface area contributed by atoms with Crippen molar-refractivity contribution in [2.45, 2.75) is 30.1 Å². The average molecular weight is 349 g/mol. The Labute approximate surface area is 143 Å². The molecule has 0 aliphatic carbocycles. The van der Waals surface area contributed by atoms with Gasteiger partial charge in [0.2, 0.25) is 11.8 Å². The van der Waals surface area contributed by atoms with Crippen molar-refractivity contribution in [3.63, 3.8) is 0 Å². The molecular weight excluding hydrogens is 330 g/mol. The van der Waals surface area contributed by atoms with Crippen molar-refractivity contribution in [1.29, 1.82) is 0 Å². The number of nitrogens with zero attached hydrogens (tertiary/aromatic N) is 2. The number of carbonyl (C=O) groups excluding carboxylic acids is 2. The van der Waals surface area contributed by atoms with Crippen LogP contribution in [0.1, 0.15) is 19.8 Å². The molecule has 0 atom stereocenters. The Kier molecular flexibility index (Phi) is 5.17. The number of piperidine rings is 1. The second kappa shape index (κ2) is 7.31. The number of thiazole rings is 1. The second-order valence-electron chi connectivity index (χ2n) is 5.58. The van der Waals surface area contributed by atoms with Gasteiger partial charge in [-0.15, -0.1) is 11.3 Å². The van der Waals surface area contributed by atoms with E-state index in [1.165, 1.54) is 11.8 Å². The molecule has 2 aromatic rings. The molecule has 0 saturated carbocycles. The second-order valence-corrected chi connectivity index (χ2v) is 7.84. The van der Waals surface area contributed by atoms with Crippen LogP contribution in [0.3, 0.4) is 0 Å². The van der Waals surface area contributed by atoms with E-state index in [1.54, 1.807) is 18.3 Å². The van der Waals surface area contributed by atoms with Gasteiger partial charge in [0.25, 0.3) is 0 Å². The van der Waals surface area contributed by atoms with Crippen molar-refractivity contribution in [2.24, 2.45) is 0 Å². The number of carbonyl (C=O) groups is 2. The minimum Gasteiger partial charge on any atom is -0.353 e. The molecule has 1 N–H and O–H groups in total. The molecule has 1 aliphatic rings. The minimum absolute atomic E-state index is 0.0375. The third kappa shape index (κ3) is 4.23. The number of rotatable bonds is 4. The minimum atomic E-state index is 0.0375. The SMILES string of the molecule is CC(=O)N1CCC(NC(=O)CSc2nc3ccccc3s2)CC1. The molecule has 0 spiro atoms. The average Bonchev–Trinajstić information content (AvgIpc) is 2.96. The van der Waals surface area contributed by atoms with Gasteiger partial charge in [0, 0.05) is 26.1 Å². The van der Waals surface area contributed by atoms with Crippen LogP contribution in [0.5, 0.6) is 0 Å². The van der Waals surface area contributed by atoms with Crippen molar-refractivity contribution in [2.75, 3.05) is 18.8 Å². The van der Waals surface area contributed by atoms with E-state index >= 15 is 0 Å². The van der Waals surface area contributed by atoms with E-state index < -0.39 is 0 Å². The summed E-state index contributed by atoms with van der Waals surface area (Å²) in [6.07, 6.45) is 1.66. The lowest BCUT2D eigenvalue weighted by Crippen LogP contribution is -2.46. The van der Waals surface area contributed by atoms with Gasteiger partial charge in [0.15, 0.2) is 4.34 Å². The van der Waals surface area contributed by atoms with Gasteiger partial charge >= 0.3 is 0 Å². The predicted molar refractivity (Wildman–Crippen MR) is 93.8 cm³/mol. The quantitative estimate of drug-likeness (QED) is 0.862. The van der Waals surface area contributed by atoms with Crippen LogP contribution in [0.15, 0.2) is 28.6 Å². The highest BCUT2D eigenvalue weighted by Crippen LogP contribution is 2.29. The number of likely N-dealkylation sites (tertiary alicyclic amines) is 1. The van der Waals surface area contributed by atoms with Gasteiger partial charge in [0.05, 0.1) is 16.0 Å². The van der Waals surface area contributed by atoms with Crippen molar-refractivity contribution in [1.82, 2.24) is 15.2 Å². The number of fused-ring (bicyclic) bond motifs is 1. The maximum absolute atomic E-state index is 12.1. The van der Waals surface area contributed by atoms with Gasteiger partial charge in [-0.3, -0.25) is 9.59 Å². The summed E-state index contributed by atoms with van der Waals surface area (Å²) in [6.45, 7) is 3.05. The molecular formula is C16H19N3O2S2. The number of amides is 2. The summed E-state index contributed by atoms with van der Waals surface area (Å²) in [6, 6.07) is 8.17. The van der Waals surface area contributed by atoms with E-state index in [4.69, 9.17) is 0 Å². The fourth-order valence-corrected chi connectivity index (χ4v) is 4.53. The molecule has 3 rings (SSSR count). The summed E-state index contributed by atoms with van der Waals surface area (Å²) < 4.78 is 2.07. The maximum Gasteiger partial charge on any atom is 0.230 e. The monoisotopic (exact) mass is 349 g/mol. The van der Waals surface area contributed by atoms with E-state index in [9.17, 15) is 9.59 Å². The molecule has 0 radical (unpaired) electrons. The van der Waals surface area contributed by atoms with Crippen LogP contribution in [0.25, 0.3) is 10.2 Å². The number of thioether (sulfide) groups is 1. The molecule has 122 valence electrons. The van der Waals surface area contributed by atoms with Gasteiger partial charge < -0.3 is 10.2 Å². The van der Waals surface area contributed by atoms with E-state index in [0.717, 1.165) is 40.5 Å². The molecule has 1 aliphatic heterocycles. The lowest BCUT2D eigenvalue weighted by molar-refractivity contribution is -0.130. The van der Waals surface area contributed by atoms with Gasteiger partial charge in [0.1, 0.15) is 0 Å². The Bertz CT molecular complexity index is 675. The number of aromatic nitrogens is 1. The highest BCUT2D eigenvalue weighted by molar-refractivity contribution is 8.01. The third-order valence-corrected chi connectivity index (χ3v) is 6.09. The van der Waals surface area contributed by atoms with Crippen LogP contribution < -0.4 is 5.32 Å². The number of nitrogens with one attached hydrogen (secondary N) is 1. The fraction of sp³-hybridized carbons (Fsp3) is 0.438. The molecule has 0 unspecified atom stereocenters. The Hall–Kier alpha value is -1.60. The van der Waals surface area contributed by atoms with Crippen LogP contribution in [0.4, 0.5) is 0 Å². The first-order chi connectivity index (χ1) is 11.1. The van der Waals surface area contributed by atoms with Gasteiger partial charge in [-0.05, 0) is 25.0 Å². The van der Waals surface area contributed by atoms with Gasteiger partial charge in [-0.2, -0.15) is 0 Å². The topological polar surface area (TPSA) is 62.3 Å². The number of para-hydroxylation sites is 1. The summed E-state index contributed by atoms with van der Waals surface area (Å²) in [7, 11) is 0. The molecule has 7 heteroatoms. The van der Waals surface area contributed by atoms with E-state index in [-0.39, 0.29) is 17.9 Å². The van der Waals surface area contributed by atoms with Crippen LogP contribution in [-0.4, -0.2) is 46.6 Å². The zero-order chi connectivity index (χ0) is 16.2. The largest absolute Gasteiger partial charge is 0.353 e. The zero-order valence-corrected chi connectivity index (χ0v) is 14.6. The first-order valence-electron chi connectivity index (χ1n) is 7.65. The summed E-state index contributed by atoms with van der Waals surface area (Å²) >= 11 is 3.10. The van der Waals surface area contributed by atoms with Crippen molar-refractivity contribution >= 4 is 45.1 Å². The molecule has 2 heterocycles. The summed E-state index contributed by atoms with van der Waals surface area (Å²) in [5.41, 5.74) is 0.983. The lowest BCUT2D eigenvalue weighted by Gasteiger charge is -2.31. The molecule has 1 fully saturated rings. The van der Waals surface area contributed by atoms with Crippen LogP contribution in [-0.2, 0) is 9.59 Å². The fourth-order valence-electron chi connectivity index (χ4n) is 2.65. The van der Waals surface area contributed by atoms with Crippen LogP contribution >= 0.6 is 23.1 Å². The standard InChI is InChI=1S/C16H19N3O2S2/c1-11(20)19-8-6-12(7-9-19)17-15(21)10-22-16-18-13-4-2-3-5-14(13)23-16/h2-5,12H,6-10H2,1H3,(H,17,21). The molecule has 5 nitrogen and oxygen atoms in total. The molecule has 1 aromatic carbocycles. The maximum atomic E-state index is 12.1. The van der Waals surface area contributed by atoms with Crippen molar-refractivity contribution < 1.29 is 9.59 Å². The highest BCUT2D eigenvalue weighted by atomic mass is 32.2. The Morgan fingerprint density at radius 2 is 2.09 bits per heavy atom. The summed E-state index contributed by atoms with van der Waals surface area (Å²) in [5.74, 6) is 0.531. The highest BCUT2D eigenvalue weighted by Gasteiger charge is 2.22. The van der Waals surface area contributed by atoms with Gasteiger partial charge in [-0.25, -0.2) is 4.98 Å². The Morgan fingerprint density at radius 3 is 2.78 bits per heavy atom. The number of hydrogen-bond acceptors (Lipinski definition) is 5. The smallest absolute Gasteiger partial charge is 0.230 e. The summed E-state index contributed by atoms with van der Waals surface area (Å²) in [4.78, 5) is 29.7. The van der Waals surface area contributed by atoms with E-state index in [0.29, 0.717) is 5.75 Å². The lowest BCUT2D eigenvalue weighted by atomic mass is 10.1. The van der Waals surface area contributed by atoms with Crippen LogP contribution in [0, 0.1) is 0 Å². The Balaban J connectivity index is 1.45. The first-order valence-corrected chi connectivity index (χ1v) is 9.45. The van der Waals surface area contributed by atoms with E-state index in [2.05, 4.69) is 10.3 Å². The van der Waals surface area contributed by atoms with Gasteiger partial charge in [-0.1, -0.05) is 23.9 Å². The molecule has 2 amide bonds. The molecule has 23 heavy (non-hydrogen) atoms. The number of hydrogen-bond donors (Lipinski definition) is 1. The van der Waals surface area contributed by atoms with E-state index in [1.807, 2.05) is 29.2 Å². The Morgan fingerprint density at radius 1 is 1.35 bits per heavy atom. The predicted octanol–water partition coefficient (Wildman–Crippen LogP) is 2.52. The molecule has 1 saturated heterocycles. The third-order valence-electron chi connectivity index (χ3n) is 3.91. The summed E-state index contributed by atoms with van der Waals surface area (Å²) in [5, 5.41) is 3.06. The first kappa shape index (κ1) is 16.3. The van der Waals surface area contributed by atoms with Crippen molar-refractivity contribution in [3.8, 4) is 0 Å².